The summed E-state index contributed by atoms with van der Waals surface area (Å²) in [5.41, 5.74) is 0.542. The number of thiophene rings is 1. The highest BCUT2D eigenvalue weighted by atomic mass is 32.1. The minimum Gasteiger partial charge on any atom is -0.353 e. The predicted molar refractivity (Wildman–Crippen MR) is 132 cm³/mol. The second-order valence-corrected chi connectivity index (χ2v) is 10.3. The molecular weight excluding hydrogens is 450 g/mol. The average molecular weight is 484 g/mol. The molecule has 2 unspecified atom stereocenters. The van der Waals surface area contributed by atoms with Crippen LogP contribution in [0.2, 0.25) is 0 Å². The third-order valence-electron chi connectivity index (χ3n) is 6.96. The van der Waals surface area contributed by atoms with Crippen molar-refractivity contribution in [3.05, 3.63) is 57.8 Å². The van der Waals surface area contributed by atoms with E-state index in [1.54, 1.807) is 22.3 Å². The van der Waals surface area contributed by atoms with E-state index >= 15 is 0 Å². The van der Waals surface area contributed by atoms with E-state index in [0.717, 1.165) is 16.9 Å². The summed E-state index contributed by atoms with van der Waals surface area (Å²) >= 11 is 1.58. The number of piperidine rings is 1. The maximum atomic E-state index is 13.8. The maximum absolute atomic E-state index is 13.8. The molecule has 0 aliphatic carbocycles. The molecule has 2 aliphatic rings. The third-order valence-corrected chi connectivity index (χ3v) is 7.84. The van der Waals surface area contributed by atoms with E-state index in [9.17, 15) is 14.4 Å². The largest absolute Gasteiger partial charge is 0.353 e. The van der Waals surface area contributed by atoms with Crippen molar-refractivity contribution < 1.29 is 19.1 Å². The molecule has 2 atom stereocenters. The Morgan fingerprint density at radius 1 is 1.18 bits per heavy atom. The van der Waals surface area contributed by atoms with Crippen molar-refractivity contribution in [3.63, 3.8) is 0 Å². The van der Waals surface area contributed by atoms with Gasteiger partial charge in [-0.2, -0.15) is 0 Å². The molecule has 3 heterocycles. The quantitative estimate of drug-likeness (QED) is 0.683. The van der Waals surface area contributed by atoms with Gasteiger partial charge in [0, 0.05) is 42.4 Å². The summed E-state index contributed by atoms with van der Waals surface area (Å²) in [6.07, 6.45) is 2.15. The molecule has 2 aliphatic heterocycles. The van der Waals surface area contributed by atoms with Crippen molar-refractivity contribution in [1.29, 1.82) is 0 Å². The van der Waals surface area contributed by atoms with Crippen molar-refractivity contribution in [2.75, 3.05) is 19.7 Å². The summed E-state index contributed by atoms with van der Waals surface area (Å²) < 4.78 is 6.27. The zero-order valence-electron chi connectivity index (χ0n) is 20.1. The molecule has 1 aromatic heterocycles. The number of benzene rings is 1. The Balaban J connectivity index is 1.55. The van der Waals surface area contributed by atoms with Crippen LogP contribution in [-0.2, 0) is 20.7 Å². The Labute approximate surface area is 205 Å². The summed E-state index contributed by atoms with van der Waals surface area (Å²) in [7, 11) is 0. The molecule has 2 fully saturated rings. The van der Waals surface area contributed by atoms with Crippen LogP contribution in [0.15, 0.2) is 41.8 Å². The van der Waals surface area contributed by atoms with E-state index in [-0.39, 0.29) is 30.4 Å². The number of nitrogens with one attached hydrogen (secondary N) is 1. The first-order chi connectivity index (χ1) is 16.3. The lowest BCUT2D eigenvalue weighted by Crippen LogP contribution is -2.60. The summed E-state index contributed by atoms with van der Waals surface area (Å²) in [5, 5.41) is 4.99. The summed E-state index contributed by atoms with van der Waals surface area (Å²) in [5.74, 6) is -0.305. The normalized spacial score (nSPS) is 20.4. The molecule has 2 saturated heterocycles. The van der Waals surface area contributed by atoms with Gasteiger partial charge in [-0.25, -0.2) is 0 Å². The number of carbonyl (C=O) groups excluding carboxylic acids is 3. The van der Waals surface area contributed by atoms with Gasteiger partial charge in [0.2, 0.25) is 11.8 Å². The van der Waals surface area contributed by atoms with Crippen LogP contribution in [0.3, 0.4) is 0 Å². The topological polar surface area (TPSA) is 79.0 Å². The number of rotatable bonds is 6. The molecule has 0 bridgehead atoms. The van der Waals surface area contributed by atoms with Gasteiger partial charge >= 0.3 is 0 Å². The smallest absolute Gasteiger partial charge is 0.257 e. The first kappa shape index (κ1) is 24.4. The van der Waals surface area contributed by atoms with Gasteiger partial charge in [-0.3, -0.25) is 19.3 Å². The van der Waals surface area contributed by atoms with Crippen LogP contribution < -0.4 is 5.32 Å². The lowest BCUT2D eigenvalue weighted by molar-refractivity contribution is -0.143. The van der Waals surface area contributed by atoms with Crippen molar-refractivity contribution in [1.82, 2.24) is 15.1 Å². The number of likely N-dealkylation sites (tertiary alicyclic amines) is 1. The molecule has 2 aromatic rings. The van der Waals surface area contributed by atoms with Crippen LogP contribution in [0.1, 0.15) is 53.9 Å². The van der Waals surface area contributed by atoms with Crippen LogP contribution in [0, 0.1) is 6.92 Å². The van der Waals surface area contributed by atoms with E-state index in [1.165, 1.54) is 0 Å². The Kier molecular flexibility index (Phi) is 7.38. The van der Waals surface area contributed by atoms with Gasteiger partial charge in [0.15, 0.2) is 0 Å². The molecule has 34 heavy (non-hydrogen) atoms. The van der Waals surface area contributed by atoms with Crippen molar-refractivity contribution >= 4 is 29.1 Å². The highest BCUT2D eigenvalue weighted by Crippen LogP contribution is 2.39. The predicted octanol–water partition coefficient (Wildman–Crippen LogP) is 3.37. The number of nitrogens with zero attached hydrogens (tertiary/aromatic N) is 2. The molecule has 1 N–H and O–H groups in total. The fraction of sp³-hybridized carbons (Fsp3) is 0.500. The molecular formula is C26H33N3O4S. The van der Waals surface area contributed by atoms with Crippen LogP contribution in [0.5, 0.6) is 0 Å². The number of amides is 3. The Hall–Kier alpha value is -2.71. The molecule has 0 saturated carbocycles. The van der Waals surface area contributed by atoms with Gasteiger partial charge in [0.25, 0.3) is 5.91 Å². The lowest BCUT2D eigenvalue weighted by Gasteiger charge is -2.44. The maximum Gasteiger partial charge on any atom is 0.257 e. The lowest BCUT2D eigenvalue weighted by atomic mass is 9.95. The number of aryl methyl sites for hydroxylation is 1. The highest BCUT2D eigenvalue weighted by molar-refractivity contribution is 7.10. The standard InChI is InChI=1S/C26H33N3O4S/c1-4-19(3)27-24(31)22-17-33-26(29(22)25(32)21-10-6-5-8-18(21)2)11-13-28(14-12-26)23(30)16-20-9-7-15-34-20/h5-10,15,19,22H,4,11-14,16-17H2,1-3H3,(H,27,31). The average Bonchev–Trinajstić information content (AvgIpc) is 3.47. The minimum atomic E-state index is -0.892. The molecule has 7 nitrogen and oxygen atoms in total. The van der Waals surface area contributed by atoms with E-state index in [0.29, 0.717) is 37.9 Å². The highest BCUT2D eigenvalue weighted by Gasteiger charge is 2.54. The van der Waals surface area contributed by atoms with Crippen LogP contribution in [0.4, 0.5) is 0 Å². The molecule has 1 spiro atoms. The SMILES string of the molecule is CCC(C)NC(=O)C1COC2(CCN(C(=O)Cc3cccs3)CC2)N1C(=O)c1ccccc1C. The third kappa shape index (κ3) is 4.88. The summed E-state index contributed by atoms with van der Waals surface area (Å²) in [6.45, 7) is 6.99. The number of hydrogen-bond acceptors (Lipinski definition) is 5. The summed E-state index contributed by atoms with van der Waals surface area (Å²) in [4.78, 5) is 44.4. The molecule has 0 radical (unpaired) electrons. The van der Waals surface area contributed by atoms with Gasteiger partial charge in [0.05, 0.1) is 13.0 Å². The van der Waals surface area contributed by atoms with Gasteiger partial charge in [-0.05, 0) is 43.3 Å². The number of hydrogen-bond donors (Lipinski definition) is 1. The van der Waals surface area contributed by atoms with Gasteiger partial charge in [0.1, 0.15) is 11.8 Å². The number of ether oxygens (including phenoxy) is 1. The molecule has 3 amide bonds. The fourth-order valence-corrected chi connectivity index (χ4v) is 5.43. The zero-order valence-corrected chi connectivity index (χ0v) is 20.9. The van der Waals surface area contributed by atoms with Gasteiger partial charge < -0.3 is 15.0 Å². The van der Waals surface area contributed by atoms with Crippen LogP contribution >= 0.6 is 11.3 Å². The monoisotopic (exact) mass is 483 g/mol. The molecule has 4 rings (SSSR count). The Bertz CT molecular complexity index is 1030. The number of carbonyl (C=O) groups is 3. The minimum absolute atomic E-state index is 0.0104. The Morgan fingerprint density at radius 3 is 2.56 bits per heavy atom. The molecule has 1 aromatic carbocycles. The second-order valence-electron chi connectivity index (χ2n) is 9.22. The van der Waals surface area contributed by atoms with Gasteiger partial charge in [-0.1, -0.05) is 31.2 Å². The van der Waals surface area contributed by atoms with E-state index in [1.807, 2.05) is 61.4 Å². The van der Waals surface area contributed by atoms with Crippen molar-refractivity contribution in [2.45, 2.75) is 64.3 Å². The molecule has 182 valence electrons. The van der Waals surface area contributed by atoms with Gasteiger partial charge in [-0.15, -0.1) is 11.3 Å². The van der Waals surface area contributed by atoms with E-state index in [2.05, 4.69) is 5.32 Å². The first-order valence-electron chi connectivity index (χ1n) is 12.0. The van der Waals surface area contributed by atoms with Crippen molar-refractivity contribution in [3.8, 4) is 0 Å². The van der Waals surface area contributed by atoms with Crippen LogP contribution in [0.25, 0.3) is 0 Å². The second kappa shape index (κ2) is 10.3. The van der Waals surface area contributed by atoms with Crippen molar-refractivity contribution in [2.24, 2.45) is 0 Å². The van der Waals surface area contributed by atoms with Crippen LogP contribution in [-0.4, -0.2) is 65.0 Å². The fourth-order valence-electron chi connectivity index (χ4n) is 4.73. The molecule has 8 heteroatoms. The van der Waals surface area contributed by atoms with E-state index < -0.39 is 11.8 Å². The summed E-state index contributed by atoms with van der Waals surface area (Å²) in [6, 6.07) is 10.7. The Morgan fingerprint density at radius 2 is 1.91 bits per heavy atom. The zero-order chi connectivity index (χ0) is 24.3. The first-order valence-corrected chi connectivity index (χ1v) is 12.9. The van der Waals surface area contributed by atoms with E-state index in [4.69, 9.17) is 4.74 Å².